The van der Waals surface area contributed by atoms with Gasteiger partial charge < -0.3 is 10.6 Å². The lowest BCUT2D eigenvalue weighted by Gasteiger charge is -2.22. The molecule has 1 aliphatic rings. The molecule has 0 radical (unpaired) electrons. The van der Waals surface area contributed by atoms with Crippen LogP contribution in [0.5, 0.6) is 0 Å². The molecular weight excluding hydrogens is 278 g/mol. The largest absolute Gasteiger partial charge is 0.385 e. The van der Waals surface area contributed by atoms with Crippen LogP contribution in [0.25, 0.3) is 0 Å². The molecule has 1 atom stereocenters. The Morgan fingerprint density at radius 2 is 2.33 bits per heavy atom. The molecular formula is C17H23N3S. The molecule has 3 nitrogen and oxygen atoms in total. The zero-order chi connectivity index (χ0) is 14.7. The minimum absolute atomic E-state index is 0.301. The molecule has 2 heterocycles. The first-order chi connectivity index (χ1) is 10.3. The van der Waals surface area contributed by atoms with Crippen molar-refractivity contribution < 1.29 is 0 Å². The Morgan fingerprint density at radius 3 is 3.14 bits per heavy atom. The first-order valence-corrected chi connectivity index (χ1v) is 8.62. The molecule has 1 aromatic heterocycles. The summed E-state index contributed by atoms with van der Waals surface area (Å²) in [5.74, 6) is 0. The van der Waals surface area contributed by atoms with Crippen LogP contribution in [0.4, 0.5) is 5.69 Å². The van der Waals surface area contributed by atoms with Crippen molar-refractivity contribution >= 4 is 17.0 Å². The van der Waals surface area contributed by atoms with Crippen LogP contribution in [-0.4, -0.2) is 11.5 Å². The Labute approximate surface area is 130 Å². The number of hydrogen-bond donors (Lipinski definition) is 2. The van der Waals surface area contributed by atoms with Crippen LogP contribution >= 0.6 is 11.3 Å². The number of thiazole rings is 1. The van der Waals surface area contributed by atoms with Crippen molar-refractivity contribution in [3.8, 4) is 0 Å². The van der Waals surface area contributed by atoms with Gasteiger partial charge in [-0.05, 0) is 37.3 Å². The van der Waals surface area contributed by atoms with Crippen molar-refractivity contribution in [1.82, 2.24) is 10.3 Å². The Bertz CT molecular complexity index is 606. The predicted molar refractivity (Wildman–Crippen MR) is 90.0 cm³/mol. The number of aromatic nitrogens is 1. The SMILES string of the molecule is CCc1cnc(C(C)NCc2cccc3c2NCCC3)s1. The van der Waals surface area contributed by atoms with Crippen LogP contribution in [0.1, 0.15) is 47.3 Å². The number of nitrogens with zero attached hydrogens (tertiary/aromatic N) is 1. The van der Waals surface area contributed by atoms with Crippen LogP contribution in [0, 0.1) is 0 Å². The average molecular weight is 301 g/mol. The van der Waals surface area contributed by atoms with E-state index < -0.39 is 0 Å². The van der Waals surface area contributed by atoms with Gasteiger partial charge in [-0.15, -0.1) is 11.3 Å². The lowest BCUT2D eigenvalue weighted by atomic mass is 9.99. The van der Waals surface area contributed by atoms with E-state index in [0.717, 1.165) is 19.5 Å². The van der Waals surface area contributed by atoms with Crippen molar-refractivity contribution in [3.05, 3.63) is 45.4 Å². The molecule has 1 unspecified atom stereocenters. The predicted octanol–water partition coefficient (Wildman–Crippen LogP) is 3.91. The van der Waals surface area contributed by atoms with Crippen LogP contribution in [0.2, 0.25) is 0 Å². The van der Waals surface area contributed by atoms with Gasteiger partial charge in [0.05, 0.1) is 6.04 Å². The standard InChI is InChI=1S/C17H23N3S/c1-3-15-11-20-17(21-15)12(2)19-10-14-7-4-6-13-8-5-9-18-16(13)14/h4,6-7,11-12,18-19H,3,5,8-10H2,1-2H3. The summed E-state index contributed by atoms with van der Waals surface area (Å²) >= 11 is 1.82. The lowest BCUT2D eigenvalue weighted by Crippen LogP contribution is -2.20. The van der Waals surface area contributed by atoms with E-state index in [9.17, 15) is 0 Å². The maximum Gasteiger partial charge on any atom is 0.109 e. The maximum atomic E-state index is 4.53. The Balaban J connectivity index is 1.67. The van der Waals surface area contributed by atoms with Crippen molar-refractivity contribution in [2.24, 2.45) is 0 Å². The second-order valence-electron chi connectivity index (χ2n) is 5.60. The molecule has 0 amide bonds. The topological polar surface area (TPSA) is 37.0 Å². The molecule has 0 spiro atoms. The van der Waals surface area contributed by atoms with Crippen LogP contribution < -0.4 is 10.6 Å². The Hall–Kier alpha value is -1.39. The number of hydrogen-bond acceptors (Lipinski definition) is 4. The third kappa shape index (κ3) is 3.27. The molecule has 21 heavy (non-hydrogen) atoms. The highest BCUT2D eigenvalue weighted by Gasteiger charge is 2.14. The first-order valence-electron chi connectivity index (χ1n) is 7.80. The molecule has 0 saturated carbocycles. The summed E-state index contributed by atoms with van der Waals surface area (Å²) < 4.78 is 0. The molecule has 1 aromatic carbocycles. The summed E-state index contributed by atoms with van der Waals surface area (Å²) in [5, 5.41) is 8.35. The molecule has 0 aliphatic carbocycles. The van der Waals surface area contributed by atoms with Gasteiger partial charge in [-0.3, -0.25) is 0 Å². The summed E-state index contributed by atoms with van der Waals surface area (Å²) in [6.45, 7) is 6.35. The van der Waals surface area contributed by atoms with Gasteiger partial charge in [0.1, 0.15) is 5.01 Å². The van der Waals surface area contributed by atoms with Crippen LogP contribution in [0.15, 0.2) is 24.4 Å². The molecule has 0 bridgehead atoms. The summed E-state index contributed by atoms with van der Waals surface area (Å²) in [7, 11) is 0. The number of anilines is 1. The second kappa shape index (κ2) is 6.58. The third-order valence-corrected chi connectivity index (χ3v) is 5.38. The molecule has 0 fully saturated rings. The molecule has 2 aromatic rings. The molecule has 2 N–H and O–H groups in total. The second-order valence-corrected chi connectivity index (χ2v) is 6.75. The number of nitrogens with one attached hydrogen (secondary N) is 2. The monoisotopic (exact) mass is 301 g/mol. The Morgan fingerprint density at radius 1 is 1.43 bits per heavy atom. The van der Waals surface area contributed by atoms with E-state index in [1.807, 2.05) is 17.5 Å². The molecule has 4 heteroatoms. The van der Waals surface area contributed by atoms with Gasteiger partial charge >= 0.3 is 0 Å². The van der Waals surface area contributed by atoms with Gasteiger partial charge in [-0.1, -0.05) is 25.1 Å². The van der Waals surface area contributed by atoms with E-state index in [0.29, 0.717) is 6.04 Å². The van der Waals surface area contributed by atoms with Gasteiger partial charge in [0.25, 0.3) is 0 Å². The number of aryl methyl sites for hydroxylation is 2. The van der Waals surface area contributed by atoms with Gasteiger partial charge in [0, 0.05) is 29.9 Å². The molecule has 0 saturated heterocycles. The van der Waals surface area contributed by atoms with Crippen LogP contribution in [0.3, 0.4) is 0 Å². The number of benzene rings is 1. The fourth-order valence-electron chi connectivity index (χ4n) is 2.76. The smallest absolute Gasteiger partial charge is 0.109 e. The summed E-state index contributed by atoms with van der Waals surface area (Å²) in [5.41, 5.74) is 4.17. The highest BCUT2D eigenvalue weighted by Crippen LogP contribution is 2.27. The highest BCUT2D eigenvalue weighted by molar-refractivity contribution is 7.11. The fourth-order valence-corrected chi connectivity index (χ4v) is 3.65. The zero-order valence-corrected chi connectivity index (χ0v) is 13.6. The van der Waals surface area contributed by atoms with E-state index in [2.05, 4.69) is 47.7 Å². The van der Waals surface area contributed by atoms with E-state index in [1.54, 1.807) is 0 Å². The third-order valence-electron chi connectivity index (χ3n) is 4.05. The fraction of sp³-hybridized carbons (Fsp3) is 0.471. The van der Waals surface area contributed by atoms with Crippen molar-refractivity contribution in [3.63, 3.8) is 0 Å². The first kappa shape index (κ1) is 14.5. The van der Waals surface area contributed by atoms with Crippen molar-refractivity contribution in [2.45, 2.75) is 45.7 Å². The van der Waals surface area contributed by atoms with Gasteiger partial charge in [-0.25, -0.2) is 4.98 Å². The lowest BCUT2D eigenvalue weighted by molar-refractivity contribution is 0.571. The van der Waals surface area contributed by atoms with Crippen molar-refractivity contribution in [2.75, 3.05) is 11.9 Å². The average Bonchev–Trinajstić information content (AvgIpc) is 3.01. The number of fused-ring (bicyclic) bond motifs is 1. The minimum atomic E-state index is 0.301. The van der Waals surface area contributed by atoms with Crippen molar-refractivity contribution in [1.29, 1.82) is 0 Å². The highest BCUT2D eigenvalue weighted by atomic mass is 32.1. The van der Waals surface area contributed by atoms with Gasteiger partial charge in [0.15, 0.2) is 0 Å². The molecule has 3 rings (SSSR count). The molecule has 112 valence electrons. The van der Waals surface area contributed by atoms with E-state index in [1.165, 1.54) is 39.5 Å². The molecule has 1 aliphatic heterocycles. The van der Waals surface area contributed by atoms with E-state index in [-0.39, 0.29) is 0 Å². The summed E-state index contributed by atoms with van der Waals surface area (Å²) in [6, 6.07) is 6.93. The maximum absolute atomic E-state index is 4.53. The van der Waals surface area contributed by atoms with E-state index >= 15 is 0 Å². The minimum Gasteiger partial charge on any atom is -0.385 e. The quantitative estimate of drug-likeness (QED) is 0.879. The zero-order valence-electron chi connectivity index (χ0n) is 12.8. The number of rotatable bonds is 5. The normalized spacial score (nSPS) is 15.3. The Kier molecular flexibility index (Phi) is 4.56. The summed E-state index contributed by atoms with van der Waals surface area (Å²) in [4.78, 5) is 5.89. The van der Waals surface area contributed by atoms with E-state index in [4.69, 9.17) is 0 Å². The summed E-state index contributed by atoms with van der Waals surface area (Å²) in [6.07, 6.45) is 5.50. The number of para-hydroxylation sites is 1. The van der Waals surface area contributed by atoms with Gasteiger partial charge in [0.2, 0.25) is 0 Å². The van der Waals surface area contributed by atoms with Crippen LogP contribution in [-0.2, 0) is 19.4 Å². The van der Waals surface area contributed by atoms with Gasteiger partial charge in [-0.2, -0.15) is 0 Å².